The smallest absolute Gasteiger partial charge is 0.312 e. The zero-order chi connectivity index (χ0) is 22.2. The van der Waals surface area contributed by atoms with Crippen molar-refractivity contribution >= 4 is 5.97 Å². The second-order valence-electron chi connectivity index (χ2n) is 11.7. The molecule has 170 valence electrons. The van der Waals surface area contributed by atoms with Crippen LogP contribution in [0.3, 0.4) is 0 Å². The molecule has 3 N–H and O–H groups in total. The third-order valence-electron chi connectivity index (χ3n) is 10.2. The van der Waals surface area contributed by atoms with Crippen molar-refractivity contribution in [1.29, 1.82) is 0 Å². The molecular formula is C26H36O5. The largest absolute Gasteiger partial charge is 0.508 e. The van der Waals surface area contributed by atoms with Crippen molar-refractivity contribution in [3.63, 3.8) is 0 Å². The molecular weight excluding hydrogens is 392 g/mol. The van der Waals surface area contributed by atoms with Gasteiger partial charge in [-0.1, -0.05) is 13.3 Å². The van der Waals surface area contributed by atoms with Gasteiger partial charge >= 0.3 is 5.97 Å². The number of carbonyl (C=O) groups is 1. The fourth-order valence-electron chi connectivity index (χ4n) is 8.72. The van der Waals surface area contributed by atoms with Crippen molar-refractivity contribution in [3.05, 3.63) is 23.8 Å². The number of esters is 1. The number of phenols is 2. The van der Waals surface area contributed by atoms with Crippen LogP contribution >= 0.6 is 0 Å². The van der Waals surface area contributed by atoms with Gasteiger partial charge in [-0.25, -0.2) is 0 Å². The molecule has 3 aliphatic carbocycles. The fourth-order valence-corrected chi connectivity index (χ4v) is 8.72. The lowest BCUT2D eigenvalue weighted by molar-refractivity contribution is -0.256. The number of hydrogen-bond acceptors (Lipinski definition) is 5. The molecule has 0 radical (unpaired) electrons. The van der Waals surface area contributed by atoms with Gasteiger partial charge in [0.15, 0.2) is 0 Å². The summed E-state index contributed by atoms with van der Waals surface area (Å²) in [5, 5.41) is 32.0. The lowest BCUT2D eigenvalue weighted by Gasteiger charge is -2.69. The van der Waals surface area contributed by atoms with Gasteiger partial charge in [-0.2, -0.15) is 0 Å². The zero-order valence-corrected chi connectivity index (χ0v) is 19.0. The molecule has 0 amide bonds. The lowest BCUT2D eigenvalue weighted by Crippen LogP contribution is -2.68. The molecule has 1 heterocycles. The van der Waals surface area contributed by atoms with E-state index in [4.69, 9.17) is 4.74 Å². The maximum atomic E-state index is 12.8. The first kappa shape index (κ1) is 21.1. The average molecular weight is 429 g/mol. The molecule has 5 nitrogen and oxygen atoms in total. The molecule has 2 bridgehead atoms. The van der Waals surface area contributed by atoms with Crippen LogP contribution in [0.1, 0.15) is 71.3 Å². The highest BCUT2D eigenvalue weighted by Crippen LogP contribution is 2.71. The number of benzene rings is 1. The Balaban J connectivity index is 1.56. The van der Waals surface area contributed by atoms with Crippen LogP contribution in [0.4, 0.5) is 0 Å². The van der Waals surface area contributed by atoms with Gasteiger partial charge in [-0.3, -0.25) is 4.79 Å². The highest BCUT2D eigenvalue weighted by atomic mass is 16.5. The molecule has 1 aliphatic heterocycles. The number of fused-ring (bicyclic) bond motifs is 1. The number of ether oxygens (including phenoxy) is 1. The van der Waals surface area contributed by atoms with E-state index in [1.807, 2.05) is 6.92 Å². The third kappa shape index (κ3) is 2.81. The number of aromatic hydroxyl groups is 2. The molecule has 31 heavy (non-hydrogen) atoms. The Hall–Kier alpha value is -1.75. The van der Waals surface area contributed by atoms with Crippen LogP contribution in [-0.2, 0) is 16.0 Å². The zero-order valence-electron chi connectivity index (χ0n) is 19.0. The SMILES string of the molecule is CC12CCC[C@@]3(COC1=O)C2CC[C@]1(C)C3CC[C@](C)(O)C1Cc1cc(O)ccc1O. The van der Waals surface area contributed by atoms with Crippen LogP contribution in [0.25, 0.3) is 0 Å². The predicted molar refractivity (Wildman–Crippen MR) is 116 cm³/mol. The van der Waals surface area contributed by atoms with Crippen molar-refractivity contribution in [2.45, 2.75) is 77.7 Å². The molecule has 5 rings (SSSR count). The van der Waals surface area contributed by atoms with E-state index < -0.39 is 5.60 Å². The summed E-state index contributed by atoms with van der Waals surface area (Å²) in [5.74, 6) is 0.965. The Morgan fingerprint density at radius 1 is 1.03 bits per heavy atom. The van der Waals surface area contributed by atoms with E-state index in [-0.39, 0.29) is 39.6 Å². The lowest BCUT2D eigenvalue weighted by atomic mass is 9.37. The highest BCUT2D eigenvalue weighted by Gasteiger charge is 2.69. The van der Waals surface area contributed by atoms with E-state index >= 15 is 0 Å². The number of aliphatic hydroxyl groups is 1. The maximum absolute atomic E-state index is 12.8. The Labute approximate surface area is 184 Å². The van der Waals surface area contributed by atoms with E-state index in [1.165, 1.54) is 12.1 Å². The van der Waals surface area contributed by atoms with Crippen molar-refractivity contribution in [2.75, 3.05) is 6.61 Å². The molecule has 1 aromatic rings. The molecule has 1 aromatic carbocycles. The van der Waals surface area contributed by atoms with Crippen molar-refractivity contribution < 1.29 is 24.9 Å². The molecule has 3 saturated carbocycles. The summed E-state index contributed by atoms with van der Waals surface area (Å²) in [6.45, 7) is 6.90. The van der Waals surface area contributed by atoms with Crippen LogP contribution in [-0.4, -0.2) is 33.5 Å². The minimum Gasteiger partial charge on any atom is -0.508 e. The minimum atomic E-state index is -0.851. The van der Waals surface area contributed by atoms with Gasteiger partial charge in [-0.15, -0.1) is 0 Å². The molecule has 4 aliphatic rings. The minimum absolute atomic E-state index is 0.0104. The molecule has 0 aromatic heterocycles. The van der Waals surface area contributed by atoms with Crippen molar-refractivity contribution in [3.8, 4) is 11.5 Å². The van der Waals surface area contributed by atoms with E-state index in [9.17, 15) is 20.1 Å². The van der Waals surface area contributed by atoms with Gasteiger partial charge in [-0.05, 0) is 106 Å². The first-order chi connectivity index (χ1) is 14.5. The summed E-state index contributed by atoms with van der Waals surface area (Å²) in [7, 11) is 0. The van der Waals surface area contributed by atoms with E-state index in [2.05, 4.69) is 13.8 Å². The number of rotatable bonds is 2. The summed E-state index contributed by atoms with van der Waals surface area (Å²) in [6.07, 6.45) is 7.19. The average Bonchev–Trinajstić information content (AvgIpc) is 2.70. The predicted octanol–water partition coefficient (Wildman–Crippen LogP) is 4.57. The Morgan fingerprint density at radius 2 is 1.77 bits per heavy atom. The normalized spacial score (nSPS) is 46.6. The first-order valence-electron chi connectivity index (χ1n) is 11.9. The van der Waals surface area contributed by atoms with Gasteiger partial charge < -0.3 is 20.1 Å². The van der Waals surface area contributed by atoms with Crippen molar-refractivity contribution in [1.82, 2.24) is 0 Å². The van der Waals surface area contributed by atoms with Crippen molar-refractivity contribution in [2.24, 2.45) is 34.0 Å². The summed E-state index contributed by atoms with van der Waals surface area (Å²) in [5.41, 5.74) is -0.677. The van der Waals surface area contributed by atoms with Gasteiger partial charge in [0.2, 0.25) is 0 Å². The van der Waals surface area contributed by atoms with Gasteiger partial charge in [0.05, 0.1) is 17.6 Å². The second-order valence-corrected chi connectivity index (χ2v) is 11.7. The second kappa shape index (κ2) is 6.63. The molecule has 0 spiro atoms. The standard InChI is InChI=1S/C26H36O5/c1-23-11-7-20-24(2)9-4-10-26(20,15-31-22(24)29)19(23)8-12-25(3,30)21(23)14-16-13-17(27)5-6-18(16)28/h5-6,13,19-21,27-28,30H,4,7-12,14-15H2,1-3H3/t19?,20?,21?,23-,24?,25+,26+/m1/s1. The van der Waals surface area contributed by atoms with Gasteiger partial charge in [0, 0.05) is 5.41 Å². The number of cyclic esters (lactones) is 1. The van der Waals surface area contributed by atoms with Gasteiger partial charge in [0.1, 0.15) is 11.5 Å². The number of phenolic OH excluding ortho intramolecular Hbond substituents is 2. The van der Waals surface area contributed by atoms with Gasteiger partial charge in [0.25, 0.3) is 0 Å². The van der Waals surface area contributed by atoms with Crippen LogP contribution < -0.4 is 0 Å². The van der Waals surface area contributed by atoms with Crippen LogP contribution in [0.5, 0.6) is 11.5 Å². The first-order valence-corrected chi connectivity index (χ1v) is 11.9. The molecule has 1 saturated heterocycles. The van der Waals surface area contributed by atoms with E-state index in [0.717, 1.165) is 38.5 Å². The Kier molecular flexibility index (Phi) is 4.52. The van der Waals surface area contributed by atoms with E-state index in [0.29, 0.717) is 36.8 Å². The summed E-state index contributed by atoms with van der Waals surface area (Å²) >= 11 is 0. The van der Waals surface area contributed by atoms with E-state index in [1.54, 1.807) is 6.07 Å². The third-order valence-corrected chi connectivity index (χ3v) is 10.2. The Morgan fingerprint density at radius 3 is 2.55 bits per heavy atom. The summed E-state index contributed by atoms with van der Waals surface area (Å²) < 4.78 is 5.87. The maximum Gasteiger partial charge on any atom is 0.312 e. The number of hydrogen-bond donors (Lipinski definition) is 3. The monoisotopic (exact) mass is 428 g/mol. The summed E-state index contributed by atoms with van der Waals surface area (Å²) in [4.78, 5) is 12.8. The molecule has 4 fully saturated rings. The van der Waals surface area contributed by atoms with Crippen LogP contribution in [0.2, 0.25) is 0 Å². The molecule has 4 unspecified atom stereocenters. The highest BCUT2D eigenvalue weighted by molar-refractivity contribution is 5.78. The topological polar surface area (TPSA) is 87.0 Å². The fraction of sp³-hybridized carbons (Fsp3) is 0.731. The number of carbonyl (C=O) groups excluding carboxylic acids is 1. The molecule has 5 heteroatoms. The quantitative estimate of drug-likeness (QED) is 0.475. The Bertz CT molecular complexity index is 909. The van der Waals surface area contributed by atoms with Crippen LogP contribution in [0, 0.1) is 34.0 Å². The van der Waals surface area contributed by atoms with Crippen LogP contribution in [0.15, 0.2) is 18.2 Å². The molecule has 7 atom stereocenters. The summed E-state index contributed by atoms with van der Waals surface area (Å²) in [6, 6.07) is 4.65.